The van der Waals surface area contributed by atoms with Crippen molar-refractivity contribution >= 4 is 13.7 Å². The number of aliphatic hydroxyl groups is 1. The molecular formula is C50H90N2O6P+. The van der Waals surface area contributed by atoms with E-state index < -0.39 is 20.0 Å². The van der Waals surface area contributed by atoms with Crippen LogP contribution in [0.3, 0.4) is 0 Å². The number of rotatable bonds is 41. The second-order valence-corrected chi connectivity index (χ2v) is 18.2. The van der Waals surface area contributed by atoms with Crippen LogP contribution in [-0.2, 0) is 18.4 Å². The number of unbranched alkanes of at least 4 members (excludes halogenated alkanes) is 14. The van der Waals surface area contributed by atoms with Crippen LogP contribution in [0, 0.1) is 0 Å². The number of aliphatic hydroxyl groups excluding tert-OH is 1. The van der Waals surface area contributed by atoms with Crippen molar-refractivity contribution in [1.82, 2.24) is 5.32 Å². The lowest BCUT2D eigenvalue weighted by Crippen LogP contribution is -2.46. The number of phosphoric ester groups is 1. The van der Waals surface area contributed by atoms with Gasteiger partial charge in [-0.3, -0.25) is 13.8 Å². The molecule has 0 aromatic carbocycles. The summed E-state index contributed by atoms with van der Waals surface area (Å²) in [4.78, 5) is 23.1. The van der Waals surface area contributed by atoms with Crippen molar-refractivity contribution in [2.24, 2.45) is 0 Å². The first-order valence-electron chi connectivity index (χ1n) is 23.5. The maximum absolute atomic E-state index is 12.9. The number of phosphoric acid groups is 1. The highest BCUT2D eigenvalue weighted by molar-refractivity contribution is 7.47. The molecule has 0 saturated carbocycles. The van der Waals surface area contributed by atoms with E-state index in [1.807, 2.05) is 21.1 Å². The number of nitrogens with one attached hydrogen (secondary N) is 1. The number of nitrogens with zero attached hydrogens (tertiary/aromatic N) is 1. The molecule has 0 rings (SSSR count). The van der Waals surface area contributed by atoms with Gasteiger partial charge in [0, 0.05) is 6.42 Å². The molecule has 3 atom stereocenters. The zero-order valence-corrected chi connectivity index (χ0v) is 39.4. The Kier molecular flexibility index (Phi) is 39.4. The van der Waals surface area contributed by atoms with Crippen LogP contribution in [0.25, 0.3) is 0 Å². The lowest BCUT2D eigenvalue weighted by Gasteiger charge is -2.26. The fourth-order valence-corrected chi connectivity index (χ4v) is 6.94. The molecule has 0 aliphatic rings. The van der Waals surface area contributed by atoms with Crippen molar-refractivity contribution in [3.8, 4) is 0 Å². The molecule has 0 aromatic rings. The zero-order chi connectivity index (χ0) is 43.6. The predicted octanol–water partition coefficient (Wildman–Crippen LogP) is 13.4. The summed E-state index contributed by atoms with van der Waals surface area (Å²) in [7, 11) is 1.59. The highest BCUT2D eigenvalue weighted by Gasteiger charge is 2.28. The summed E-state index contributed by atoms with van der Waals surface area (Å²) in [5.41, 5.74) is 0. The van der Waals surface area contributed by atoms with Crippen LogP contribution in [0.1, 0.15) is 174 Å². The Labute approximate surface area is 363 Å². The highest BCUT2D eigenvalue weighted by Crippen LogP contribution is 2.43. The molecule has 340 valence electrons. The summed E-state index contributed by atoms with van der Waals surface area (Å²) in [6.45, 7) is 4.70. The van der Waals surface area contributed by atoms with E-state index >= 15 is 0 Å². The molecule has 0 heterocycles. The predicted molar refractivity (Wildman–Crippen MR) is 253 cm³/mol. The topological polar surface area (TPSA) is 105 Å². The van der Waals surface area contributed by atoms with Gasteiger partial charge >= 0.3 is 7.82 Å². The second-order valence-electron chi connectivity index (χ2n) is 16.8. The molecule has 0 aliphatic heterocycles. The quantitative estimate of drug-likeness (QED) is 0.0245. The number of likely N-dealkylation sites (N-methyl/N-ethyl adjacent to an activating group) is 1. The largest absolute Gasteiger partial charge is 0.472 e. The van der Waals surface area contributed by atoms with E-state index in [0.29, 0.717) is 23.9 Å². The Morgan fingerprint density at radius 3 is 1.49 bits per heavy atom. The molecule has 1 amide bonds. The normalized spacial score (nSPS) is 15.0. The molecule has 9 heteroatoms. The maximum atomic E-state index is 12.9. The van der Waals surface area contributed by atoms with Crippen LogP contribution >= 0.6 is 7.82 Å². The van der Waals surface area contributed by atoms with Gasteiger partial charge in [0.25, 0.3) is 0 Å². The SMILES string of the molecule is CC/C=C\C/C=C\C/C=C\C/C=C\C/C=C\C/C=C\C/C=C\CCCCCCCCCC(=O)NC(COP(=O)(O)OCC[N+](C)(C)C)C(O)CCCCCCCCCC. The lowest BCUT2D eigenvalue weighted by molar-refractivity contribution is -0.870. The molecule has 0 bridgehead atoms. The van der Waals surface area contributed by atoms with Gasteiger partial charge in [-0.1, -0.05) is 182 Å². The third kappa shape index (κ3) is 43.6. The summed E-state index contributed by atoms with van der Waals surface area (Å²) in [6, 6.07) is -0.769. The van der Waals surface area contributed by atoms with Crippen LogP contribution < -0.4 is 5.32 Å². The van der Waals surface area contributed by atoms with E-state index in [2.05, 4.69) is 104 Å². The van der Waals surface area contributed by atoms with Gasteiger partial charge < -0.3 is 19.8 Å². The molecule has 0 aliphatic carbocycles. The molecule has 0 spiro atoms. The van der Waals surface area contributed by atoms with Crippen molar-refractivity contribution in [2.45, 2.75) is 187 Å². The molecule has 3 N–H and O–H groups in total. The fraction of sp³-hybridized carbons (Fsp3) is 0.700. The number of carbonyl (C=O) groups is 1. The molecule has 0 radical (unpaired) electrons. The Morgan fingerprint density at radius 2 is 1.02 bits per heavy atom. The van der Waals surface area contributed by atoms with Crippen molar-refractivity contribution in [3.05, 3.63) is 85.1 Å². The number of allylic oxidation sites excluding steroid dienone is 14. The van der Waals surface area contributed by atoms with Crippen molar-refractivity contribution in [1.29, 1.82) is 0 Å². The Hall–Kier alpha value is -2.32. The van der Waals surface area contributed by atoms with Gasteiger partial charge in [0.2, 0.25) is 5.91 Å². The molecular weight excluding hydrogens is 756 g/mol. The van der Waals surface area contributed by atoms with Crippen molar-refractivity contribution < 1.29 is 32.9 Å². The molecule has 0 fully saturated rings. The van der Waals surface area contributed by atoms with Crippen LogP contribution in [0.2, 0.25) is 0 Å². The van der Waals surface area contributed by atoms with E-state index in [-0.39, 0.29) is 19.1 Å². The number of quaternary nitrogens is 1. The van der Waals surface area contributed by atoms with Crippen molar-refractivity contribution in [2.75, 3.05) is 40.9 Å². The van der Waals surface area contributed by atoms with Gasteiger partial charge in [-0.2, -0.15) is 0 Å². The smallest absolute Gasteiger partial charge is 0.391 e. The van der Waals surface area contributed by atoms with E-state index in [1.54, 1.807) is 0 Å². The molecule has 0 aromatic heterocycles. The van der Waals surface area contributed by atoms with E-state index in [9.17, 15) is 19.4 Å². The Bertz CT molecular complexity index is 1230. The van der Waals surface area contributed by atoms with Gasteiger partial charge in [-0.15, -0.1) is 0 Å². The first-order chi connectivity index (χ1) is 28.5. The minimum atomic E-state index is -4.32. The first-order valence-corrected chi connectivity index (χ1v) is 24.9. The number of carbonyl (C=O) groups excluding carboxylic acids is 1. The van der Waals surface area contributed by atoms with Gasteiger partial charge in [-0.25, -0.2) is 4.57 Å². The standard InChI is InChI=1S/C50H89N2O6P/c1-6-8-10-12-14-16-17-18-19-20-21-22-23-24-25-26-27-28-29-30-31-32-33-34-35-36-38-40-42-44-50(54)51-48(47-58-59(55,56)57-46-45-52(3,4)5)49(53)43-41-39-37-15-13-11-9-7-2/h8,10,14,16,18-19,21-22,24-25,27-28,30-31,48-49,53H,6-7,9,11-13,15,17,20,23,26,29,32-47H2,1-5H3,(H-,51,54,55,56)/p+1/b10-8-,16-14-,19-18-,22-21-,25-24-,28-27-,31-30-. The minimum absolute atomic E-state index is 0.0674. The van der Waals surface area contributed by atoms with E-state index in [4.69, 9.17) is 9.05 Å². The van der Waals surface area contributed by atoms with Crippen LogP contribution in [0.5, 0.6) is 0 Å². The third-order valence-corrected chi connectivity index (χ3v) is 10.9. The monoisotopic (exact) mass is 846 g/mol. The molecule has 8 nitrogen and oxygen atoms in total. The summed E-state index contributed by atoms with van der Waals surface area (Å²) in [5, 5.41) is 13.9. The second kappa shape index (κ2) is 41.1. The highest BCUT2D eigenvalue weighted by atomic mass is 31.2. The summed E-state index contributed by atoms with van der Waals surface area (Å²) in [6.07, 6.45) is 56.3. The van der Waals surface area contributed by atoms with Crippen LogP contribution in [-0.4, -0.2) is 73.4 Å². The minimum Gasteiger partial charge on any atom is -0.391 e. The molecule has 59 heavy (non-hydrogen) atoms. The van der Waals surface area contributed by atoms with Crippen LogP contribution in [0.4, 0.5) is 0 Å². The first kappa shape index (κ1) is 56.7. The number of hydrogen-bond donors (Lipinski definition) is 3. The fourth-order valence-electron chi connectivity index (χ4n) is 6.20. The Balaban J connectivity index is 4.17. The average molecular weight is 846 g/mol. The summed E-state index contributed by atoms with van der Waals surface area (Å²) < 4.78 is 23.5. The summed E-state index contributed by atoms with van der Waals surface area (Å²) >= 11 is 0. The number of hydrogen-bond acceptors (Lipinski definition) is 5. The molecule has 0 saturated heterocycles. The van der Waals surface area contributed by atoms with Gasteiger partial charge in [0.15, 0.2) is 0 Å². The lowest BCUT2D eigenvalue weighted by atomic mass is 10.0. The maximum Gasteiger partial charge on any atom is 0.472 e. The zero-order valence-electron chi connectivity index (χ0n) is 38.5. The van der Waals surface area contributed by atoms with E-state index in [1.165, 1.54) is 51.4 Å². The van der Waals surface area contributed by atoms with Gasteiger partial charge in [0.1, 0.15) is 13.2 Å². The van der Waals surface area contributed by atoms with Crippen LogP contribution in [0.15, 0.2) is 85.1 Å². The average Bonchev–Trinajstić information content (AvgIpc) is 3.19. The Morgan fingerprint density at radius 1 is 0.593 bits per heavy atom. The third-order valence-electron chi connectivity index (χ3n) is 9.91. The molecule has 3 unspecified atom stereocenters. The van der Waals surface area contributed by atoms with Gasteiger partial charge in [-0.05, 0) is 70.6 Å². The number of amides is 1. The van der Waals surface area contributed by atoms with E-state index in [0.717, 1.165) is 96.3 Å². The van der Waals surface area contributed by atoms with Crippen molar-refractivity contribution in [3.63, 3.8) is 0 Å². The summed E-state index contributed by atoms with van der Waals surface area (Å²) in [5.74, 6) is -0.164. The van der Waals surface area contributed by atoms with Gasteiger partial charge in [0.05, 0.1) is 39.9 Å².